The number of pyridine rings is 1. The molecule has 1 saturated heterocycles. The average molecular weight is 342 g/mol. The van der Waals surface area contributed by atoms with E-state index in [0.717, 1.165) is 25.1 Å². The van der Waals surface area contributed by atoms with Gasteiger partial charge in [0, 0.05) is 44.0 Å². The van der Waals surface area contributed by atoms with Gasteiger partial charge in [-0.3, -0.25) is 24.5 Å². The third kappa shape index (κ3) is 3.30. The predicted octanol–water partition coefficient (Wildman–Crippen LogP) is 2.51. The molecule has 0 saturated carbocycles. The summed E-state index contributed by atoms with van der Waals surface area (Å²) in [5.41, 5.74) is -0.000272. The van der Waals surface area contributed by atoms with E-state index in [1.807, 2.05) is 16.7 Å². The summed E-state index contributed by atoms with van der Waals surface area (Å²) in [6, 6.07) is 3.46. The number of amides is 2. The van der Waals surface area contributed by atoms with Crippen LogP contribution < -0.4 is 0 Å². The number of piperidine rings is 1. The van der Waals surface area contributed by atoms with Crippen molar-refractivity contribution in [3.63, 3.8) is 0 Å². The topological polar surface area (TPSA) is 65.9 Å². The lowest BCUT2D eigenvalue weighted by Crippen LogP contribution is -2.51. The molecule has 0 N–H and O–H groups in total. The fourth-order valence-corrected chi connectivity index (χ4v) is 3.66. The Bertz CT molecular complexity index is 663. The highest BCUT2D eigenvalue weighted by Gasteiger charge is 2.49. The zero-order chi connectivity index (χ0) is 17.9. The highest BCUT2D eigenvalue weighted by atomic mass is 16.2. The lowest BCUT2D eigenvalue weighted by Gasteiger charge is -2.36. The first-order valence-corrected chi connectivity index (χ1v) is 9.21. The second-order valence-electron chi connectivity index (χ2n) is 6.74. The van der Waals surface area contributed by atoms with Crippen LogP contribution in [0.4, 0.5) is 0 Å². The Labute approximate surface area is 148 Å². The first-order chi connectivity index (χ1) is 12.1. The number of hydrogen-bond acceptors (Lipinski definition) is 4. The van der Waals surface area contributed by atoms with Gasteiger partial charge in [0.05, 0.1) is 0 Å². The van der Waals surface area contributed by atoms with Gasteiger partial charge in [0.15, 0.2) is 0 Å². The van der Waals surface area contributed by atoms with Gasteiger partial charge in [-0.05, 0) is 38.3 Å². The van der Waals surface area contributed by atoms with Gasteiger partial charge in [0.2, 0.25) is 0 Å². The number of likely N-dealkylation sites (tertiary alicyclic amines) is 1. The van der Waals surface area contributed by atoms with Crippen LogP contribution in [0.3, 0.4) is 0 Å². The molecule has 0 aromatic carbocycles. The number of rotatable bonds is 5. The van der Waals surface area contributed by atoms with Crippen LogP contribution in [-0.2, 0) is 4.79 Å². The zero-order valence-corrected chi connectivity index (χ0v) is 15.1. The van der Waals surface area contributed by atoms with Crippen molar-refractivity contribution in [1.29, 1.82) is 0 Å². The summed E-state index contributed by atoms with van der Waals surface area (Å²) in [7, 11) is 0. The summed E-state index contributed by atoms with van der Waals surface area (Å²) in [5, 5.41) is 0. The second kappa shape index (κ2) is 7.33. The number of amidine groups is 1. The summed E-state index contributed by atoms with van der Waals surface area (Å²) in [4.78, 5) is 38.0. The third-order valence-corrected chi connectivity index (χ3v) is 5.17. The first-order valence-electron chi connectivity index (χ1n) is 9.21. The predicted molar refractivity (Wildman–Crippen MR) is 96.5 cm³/mol. The fourth-order valence-electron chi connectivity index (χ4n) is 3.66. The SMILES string of the molecule is CCCCC1=NC2(CCN(C(=O)c3ccncc3)CC2)C(=O)N1CC. The van der Waals surface area contributed by atoms with Crippen LogP contribution in [-0.4, -0.2) is 57.6 Å². The van der Waals surface area contributed by atoms with Crippen molar-refractivity contribution in [2.75, 3.05) is 19.6 Å². The largest absolute Gasteiger partial charge is 0.338 e. The van der Waals surface area contributed by atoms with E-state index in [2.05, 4.69) is 11.9 Å². The molecular weight excluding hydrogens is 316 g/mol. The molecule has 2 amide bonds. The number of nitrogens with zero attached hydrogens (tertiary/aromatic N) is 4. The highest BCUT2D eigenvalue weighted by molar-refractivity contribution is 6.08. The minimum Gasteiger partial charge on any atom is -0.338 e. The van der Waals surface area contributed by atoms with E-state index in [9.17, 15) is 9.59 Å². The summed E-state index contributed by atoms with van der Waals surface area (Å²) >= 11 is 0. The minimum atomic E-state index is -0.645. The second-order valence-corrected chi connectivity index (χ2v) is 6.74. The fraction of sp³-hybridized carbons (Fsp3) is 0.579. The Balaban J connectivity index is 1.71. The molecule has 1 spiro atoms. The standard InChI is InChI=1S/C19H26N4O2/c1-3-5-6-16-21-19(18(25)23(16)4-2)9-13-22(14-10-19)17(24)15-7-11-20-12-8-15/h7-8,11-12H,3-6,9-10,13-14H2,1-2H3. The molecule has 1 fully saturated rings. The van der Waals surface area contributed by atoms with Crippen LogP contribution in [0.5, 0.6) is 0 Å². The molecule has 0 bridgehead atoms. The Morgan fingerprint density at radius 2 is 1.88 bits per heavy atom. The molecule has 134 valence electrons. The van der Waals surface area contributed by atoms with Gasteiger partial charge in [-0.2, -0.15) is 0 Å². The van der Waals surface area contributed by atoms with E-state index in [4.69, 9.17) is 4.99 Å². The van der Waals surface area contributed by atoms with E-state index < -0.39 is 5.54 Å². The van der Waals surface area contributed by atoms with Crippen molar-refractivity contribution in [2.45, 2.75) is 51.5 Å². The van der Waals surface area contributed by atoms with E-state index in [1.165, 1.54) is 0 Å². The van der Waals surface area contributed by atoms with Gasteiger partial charge in [-0.25, -0.2) is 0 Å². The molecule has 2 aliphatic rings. The van der Waals surface area contributed by atoms with Crippen molar-refractivity contribution in [1.82, 2.24) is 14.8 Å². The maximum absolute atomic E-state index is 12.9. The summed E-state index contributed by atoms with van der Waals surface area (Å²) < 4.78 is 0. The molecule has 1 aromatic heterocycles. The Morgan fingerprint density at radius 3 is 2.48 bits per heavy atom. The van der Waals surface area contributed by atoms with Crippen LogP contribution in [0.15, 0.2) is 29.5 Å². The molecule has 0 aliphatic carbocycles. The number of carbonyl (C=O) groups excluding carboxylic acids is 2. The van der Waals surface area contributed by atoms with Crippen LogP contribution in [0.1, 0.15) is 56.3 Å². The quantitative estimate of drug-likeness (QED) is 0.826. The molecule has 0 radical (unpaired) electrons. The molecular formula is C19H26N4O2. The van der Waals surface area contributed by atoms with Crippen molar-refractivity contribution >= 4 is 17.6 Å². The number of likely N-dealkylation sites (N-methyl/N-ethyl adjacent to an activating group) is 1. The van der Waals surface area contributed by atoms with E-state index >= 15 is 0 Å². The molecule has 6 nitrogen and oxygen atoms in total. The maximum atomic E-state index is 12.9. The molecule has 3 heterocycles. The highest BCUT2D eigenvalue weighted by Crippen LogP contribution is 2.35. The Morgan fingerprint density at radius 1 is 1.20 bits per heavy atom. The number of hydrogen-bond donors (Lipinski definition) is 0. The van der Waals surface area contributed by atoms with Gasteiger partial charge in [0.25, 0.3) is 11.8 Å². The van der Waals surface area contributed by atoms with Crippen LogP contribution in [0.25, 0.3) is 0 Å². The normalized spacial score (nSPS) is 19.4. The van der Waals surface area contributed by atoms with Gasteiger partial charge in [-0.15, -0.1) is 0 Å². The van der Waals surface area contributed by atoms with Crippen molar-refractivity contribution in [2.24, 2.45) is 4.99 Å². The van der Waals surface area contributed by atoms with Gasteiger partial charge in [0.1, 0.15) is 11.4 Å². The molecule has 1 aromatic rings. The van der Waals surface area contributed by atoms with E-state index in [1.54, 1.807) is 24.5 Å². The molecule has 25 heavy (non-hydrogen) atoms. The molecule has 0 atom stereocenters. The third-order valence-electron chi connectivity index (χ3n) is 5.17. The number of aromatic nitrogens is 1. The Kier molecular flexibility index (Phi) is 5.16. The summed E-state index contributed by atoms with van der Waals surface area (Å²) in [5.74, 6) is 1.06. The number of unbranched alkanes of at least 4 members (excludes halogenated alkanes) is 1. The number of aliphatic imine (C=N–C) groups is 1. The molecule has 2 aliphatic heterocycles. The van der Waals surface area contributed by atoms with Crippen molar-refractivity contribution in [3.05, 3.63) is 30.1 Å². The molecule has 0 unspecified atom stereocenters. The van der Waals surface area contributed by atoms with Gasteiger partial charge >= 0.3 is 0 Å². The smallest absolute Gasteiger partial charge is 0.255 e. The monoisotopic (exact) mass is 342 g/mol. The van der Waals surface area contributed by atoms with E-state index in [0.29, 0.717) is 38.0 Å². The summed E-state index contributed by atoms with van der Waals surface area (Å²) in [6.07, 6.45) is 7.46. The zero-order valence-electron chi connectivity index (χ0n) is 15.1. The Hall–Kier alpha value is -2.24. The van der Waals surface area contributed by atoms with Crippen molar-refractivity contribution in [3.8, 4) is 0 Å². The van der Waals surface area contributed by atoms with Gasteiger partial charge < -0.3 is 4.90 Å². The van der Waals surface area contributed by atoms with Gasteiger partial charge in [-0.1, -0.05) is 13.3 Å². The number of carbonyl (C=O) groups is 2. The molecule has 3 rings (SSSR count). The summed E-state index contributed by atoms with van der Waals surface area (Å²) in [6.45, 7) is 5.94. The minimum absolute atomic E-state index is 0.00484. The van der Waals surface area contributed by atoms with Crippen LogP contribution >= 0.6 is 0 Å². The van der Waals surface area contributed by atoms with Crippen LogP contribution in [0.2, 0.25) is 0 Å². The van der Waals surface area contributed by atoms with Crippen LogP contribution in [0, 0.1) is 0 Å². The van der Waals surface area contributed by atoms with Crippen molar-refractivity contribution < 1.29 is 9.59 Å². The molecule has 6 heteroatoms. The lowest BCUT2D eigenvalue weighted by molar-refractivity contribution is -0.132. The first kappa shape index (κ1) is 17.6. The lowest BCUT2D eigenvalue weighted by atomic mass is 9.87. The maximum Gasteiger partial charge on any atom is 0.255 e. The average Bonchev–Trinajstić information content (AvgIpc) is 2.92. The van der Waals surface area contributed by atoms with E-state index in [-0.39, 0.29) is 11.8 Å².